The fourth-order valence-corrected chi connectivity index (χ4v) is 2.28. The minimum atomic E-state index is 0.141. The second kappa shape index (κ2) is 5.52. The Kier molecular flexibility index (Phi) is 4.01. The number of amides is 1. The molecular formula is C12H17ClN4O. The van der Waals surface area contributed by atoms with Gasteiger partial charge in [0, 0.05) is 26.2 Å². The van der Waals surface area contributed by atoms with Crippen molar-refractivity contribution >= 4 is 23.3 Å². The lowest BCUT2D eigenvalue weighted by atomic mass is 10.4. The van der Waals surface area contributed by atoms with Crippen LogP contribution in [-0.2, 0) is 4.79 Å². The number of hydrogen-bond donors (Lipinski definition) is 0. The molecule has 1 fully saturated rings. The van der Waals surface area contributed by atoms with Gasteiger partial charge in [-0.25, -0.2) is 9.97 Å². The van der Waals surface area contributed by atoms with Crippen LogP contribution in [0.1, 0.15) is 18.7 Å². The first kappa shape index (κ1) is 13.1. The molecule has 0 N–H and O–H groups in total. The summed E-state index contributed by atoms with van der Waals surface area (Å²) in [7, 11) is 1.84. The molecule has 0 radical (unpaired) electrons. The van der Waals surface area contributed by atoms with Gasteiger partial charge in [-0.1, -0.05) is 11.6 Å². The van der Waals surface area contributed by atoms with Gasteiger partial charge in [-0.2, -0.15) is 0 Å². The van der Waals surface area contributed by atoms with Gasteiger partial charge in [0.05, 0.1) is 6.54 Å². The average molecular weight is 269 g/mol. The van der Waals surface area contributed by atoms with Crippen LogP contribution in [-0.4, -0.2) is 47.5 Å². The molecule has 0 atom stereocenters. The number of carbonyl (C=O) groups excluding carboxylic acids is 1. The Bertz CT molecular complexity index is 425. The maximum Gasteiger partial charge on any atom is 0.242 e. The van der Waals surface area contributed by atoms with Gasteiger partial charge in [0.2, 0.25) is 5.91 Å². The number of likely N-dealkylation sites (N-methyl/N-ethyl adjacent to an activating group) is 1. The van der Waals surface area contributed by atoms with E-state index in [9.17, 15) is 4.79 Å². The second-order valence-corrected chi connectivity index (χ2v) is 4.93. The Hall–Kier alpha value is -1.36. The number of carbonyl (C=O) groups is 1. The van der Waals surface area contributed by atoms with Gasteiger partial charge in [-0.05, 0) is 19.8 Å². The summed E-state index contributed by atoms with van der Waals surface area (Å²) in [6, 6.07) is 1.67. The topological polar surface area (TPSA) is 49.3 Å². The zero-order chi connectivity index (χ0) is 13.1. The molecule has 5 nitrogen and oxygen atoms in total. The van der Waals surface area contributed by atoms with Crippen LogP contribution in [0.5, 0.6) is 0 Å². The molecule has 0 bridgehead atoms. The van der Waals surface area contributed by atoms with Crippen molar-refractivity contribution in [1.29, 1.82) is 0 Å². The molecule has 1 aliphatic rings. The largest absolute Gasteiger partial charge is 0.350 e. The molecule has 1 aliphatic heterocycles. The summed E-state index contributed by atoms with van der Waals surface area (Å²) < 4.78 is 0. The molecule has 1 saturated heterocycles. The van der Waals surface area contributed by atoms with E-state index >= 15 is 0 Å². The Balaban J connectivity index is 2.02. The lowest BCUT2D eigenvalue weighted by molar-refractivity contribution is -0.128. The maximum absolute atomic E-state index is 12.0. The zero-order valence-corrected chi connectivity index (χ0v) is 11.4. The molecule has 0 aromatic carbocycles. The molecule has 1 aromatic heterocycles. The lowest BCUT2D eigenvalue weighted by Crippen LogP contribution is -2.37. The van der Waals surface area contributed by atoms with Crippen molar-refractivity contribution < 1.29 is 4.79 Å². The Morgan fingerprint density at radius 1 is 1.44 bits per heavy atom. The van der Waals surface area contributed by atoms with E-state index in [-0.39, 0.29) is 5.91 Å². The third-order valence-corrected chi connectivity index (χ3v) is 3.21. The van der Waals surface area contributed by atoms with Crippen LogP contribution in [0.25, 0.3) is 0 Å². The molecule has 2 rings (SSSR count). The highest BCUT2D eigenvalue weighted by Crippen LogP contribution is 2.15. The molecule has 98 valence electrons. The van der Waals surface area contributed by atoms with Crippen molar-refractivity contribution in [3.8, 4) is 0 Å². The van der Waals surface area contributed by atoms with Crippen LogP contribution < -0.4 is 4.90 Å². The van der Waals surface area contributed by atoms with E-state index < -0.39 is 0 Å². The number of rotatable bonds is 3. The van der Waals surface area contributed by atoms with E-state index in [0.717, 1.165) is 25.9 Å². The molecular weight excluding hydrogens is 252 g/mol. The number of anilines is 1. The van der Waals surface area contributed by atoms with Crippen molar-refractivity contribution in [2.24, 2.45) is 0 Å². The van der Waals surface area contributed by atoms with Crippen molar-refractivity contribution in [1.82, 2.24) is 14.9 Å². The van der Waals surface area contributed by atoms with Crippen molar-refractivity contribution in [3.63, 3.8) is 0 Å². The van der Waals surface area contributed by atoms with Crippen LogP contribution in [0.2, 0.25) is 5.15 Å². The average Bonchev–Trinajstić information content (AvgIpc) is 2.80. The predicted octanol–water partition coefficient (Wildman–Crippen LogP) is 1.50. The SMILES string of the molecule is Cc1nc(Cl)cc(N(C)CC(=O)N2CCCC2)n1. The van der Waals surface area contributed by atoms with Crippen LogP contribution >= 0.6 is 11.6 Å². The van der Waals surface area contributed by atoms with E-state index in [1.54, 1.807) is 17.9 Å². The van der Waals surface area contributed by atoms with Crippen LogP contribution in [0.15, 0.2) is 6.07 Å². The normalized spacial score (nSPS) is 14.9. The van der Waals surface area contributed by atoms with Gasteiger partial charge in [0.15, 0.2) is 0 Å². The van der Waals surface area contributed by atoms with Gasteiger partial charge >= 0.3 is 0 Å². The first-order chi connectivity index (χ1) is 8.56. The Labute approximate surface area is 112 Å². The Morgan fingerprint density at radius 3 is 2.72 bits per heavy atom. The number of likely N-dealkylation sites (tertiary alicyclic amines) is 1. The monoisotopic (exact) mass is 268 g/mol. The molecule has 0 saturated carbocycles. The summed E-state index contributed by atoms with van der Waals surface area (Å²) in [6.07, 6.45) is 2.21. The van der Waals surface area contributed by atoms with Crippen LogP contribution in [0.4, 0.5) is 5.82 Å². The summed E-state index contributed by atoms with van der Waals surface area (Å²) >= 11 is 5.88. The predicted molar refractivity (Wildman–Crippen MR) is 70.9 cm³/mol. The minimum Gasteiger partial charge on any atom is -0.350 e. The van der Waals surface area contributed by atoms with Gasteiger partial charge in [-0.3, -0.25) is 4.79 Å². The number of hydrogen-bond acceptors (Lipinski definition) is 4. The van der Waals surface area contributed by atoms with Crippen LogP contribution in [0, 0.1) is 6.92 Å². The quantitative estimate of drug-likeness (QED) is 0.780. The third-order valence-electron chi connectivity index (χ3n) is 3.02. The fraction of sp³-hybridized carbons (Fsp3) is 0.583. The molecule has 6 heteroatoms. The first-order valence-electron chi connectivity index (χ1n) is 6.06. The molecule has 0 aliphatic carbocycles. The second-order valence-electron chi connectivity index (χ2n) is 4.54. The summed E-state index contributed by atoms with van der Waals surface area (Å²) in [5.74, 6) is 1.43. The highest BCUT2D eigenvalue weighted by Gasteiger charge is 2.19. The first-order valence-corrected chi connectivity index (χ1v) is 6.44. The molecule has 1 amide bonds. The molecule has 1 aromatic rings. The smallest absolute Gasteiger partial charge is 0.242 e. The summed E-state index contributed by atoms with van der Waals surface area (Å²) in [6.45, 7) is 3.85. The van der Waals surface area contributed by atoms with Gasteiger partial charge in [-0.15, -0.1) is 0 Å². The third kappa shape index (κ3) is 3.10. The van der Waals surface area contributed by atoms with Gasteiger partial charge < -0.3 is 9.80 Å². The number of nitrogens with zero attached hydrogens (tertiary/aromatic N) is 4. The van der Waals surface area contributed by atoms with Crippen LogP contribution in [0.3, 0.4) is 0 Å². The van der Waals surface area contributed by atoms with Crippen molar-refractivity contribution in [2.75, 3.05) is 31.6 Å². The zero-order valence-electron chi connectivity index (χ0n) is 10.7. The van der Waals surface area contributed by atoms with E-state index in [4.69, 9.17) is 11.6 Å². The number of aryl methyl sites for hydroxylation is 1. The minimum absolute atomic E-state index is 0.141. The highest BCUT2D eigenvalue weighted by molar-refractivity contribution is 6.29. The number of aromatic nitrogens is 2. The maximum atomic E-state index is 12.0. The molecule has 2 heterocycles. The summed E-state index contributed by atoms with van der Waals surface area (Å²) in [5, 5.41) is 0.401. The molecule has 0 unspecified atom stereocenters. The summed E-state index contributed by atoms with van der Waals surface area (Å²) in [5.41, 5.74) is 0. The van der Waals surface area contributed by atoms with Crippen molar-refractivity contribution in [2.45, 2.75) is 19.8 Å². The molecule has 18 heavy (non-hydrogen) atoms. The fourth-order valence-electron chi connectivity index (χ4n) is 2.06. The van der Waals surface area contributed by atoms with Gasteiger partial charge in [0.25, 0.3) is 0 Å². The van der Waals surface area contributed by atoms with E-state index in [2.05, 4.69) is 9.97 Å². The number of halogens is 1. The molecule has 0 spiro atoms. The van der Waals surface area contributed by atoms with E-state index in [1.165, 1.54) is 0 Å². The Morgan fingerprint density at radius 2 is 2.11 bits per heavy atom. The summed E-state index contributed by atoms with van der Waals surface area (Å²) in [4.78, 5) is 24.0. The van der Waals surface area contributed by atoms with E-state index in [0.29, 0.717) is 23.3 Å². The van der Waals surface area contributed by atoms with Crippen molar-refractivity contribution in [3.05, 3.63) is 17.0 Å². The highest BCUT2D eigenvalue weighted by atomic mass is 35.5. The van der Waals surface area contributed by atoms with E-state index in [1.807, 2.05) is 11.9 Å². The lowest BCUT2D eigenvalue weighted by Gasteiger charge is -2.22. The van der Waals surface area contributed by atoms with Gasteiger partial charge in [0.1, 0.15) is 16.8 Å². The standard InChI is InChI=1S/C12H17ClN4O/c1-9-14-10(13)7-11(15-9)16(2)8-12(18)17-5-3-4-6-17/h7H,3-6,8H2,1-2H3.